The van der Waals surface area contributed by atoms with Gasteiger partial charge in [-0.1, -0.05) is 13.3 Å². The molecule has 0 aliphatic carbocycles. The van der Waals surface area contributed by atoms with E-state index in [1.807, 2.05) is 12.1 Å². The number of benzene rings is 1. The Morgan fingerprint density at radius 3 is 2.88 bits per heavy atom. The molecule has 0 saturated carbocycles. The molecule has 0 amide bonds. The van der Waals surface area contributed by atoms with Crippen LogP contribution in [0.5, 0.6) is 0 Å². The van der Waals surface area contributed by atoms with Crippen LogP contribution in [0.25, 0.3) is 11.0 Å². The highest BCUT2D eigenvalue weighted by molar-refractivity contribution is 5.79. The molecule has 3 heteroatoms. The molecule has 0 saturated heterocycles. The van der Waals surface area contributed by atoms with E-state index in [2.05, 4.69) is 36.4 Å². The van der Waals surface area contributed by atoms with Crippen molar-refractivity contribution in [3.8, 4) is 0 Å². The summed E-state index contributed by atoms with van der Waals surface area (Å²) in [7, 11) is 0. The van der Waals surface area contributed by atoms with E-state index in [1.165, 1.54) is 18.4 Å². The summed E-state index contributed by atoms with van der Waals surface area (Å²) in [4.78, 5) is 4.56. The van der Waals surface area contributed by atoms with E-state index in [0.717, 1.165) is 17.0 Å². The molecule has 0 spiro atoms. The number of aryl methyl sites for hydroxylation is 1. The lowest BCUT2D eigenvalue weighted by Crippen LogP contribution is -2.06. The van der Waals surface area contributed by atoms with Crippen molar-refractivity contribution in [3.05, 3.63) is 24.0 Å². The van der Waals surface area contributed by atoms with Crippen molar-refractivity contribution in [2.45, 2.75) is 39.7 Å². The molecule has 2 N–H and O–H groups in total. The van der Waals surface area contributed by atoms with E-state index >= 15 is 0 Å². The molecule has 3 nitrogen and oxygen atoms in total. The molecule has 1 unspecified atom stereocenters. The van der Waals surface area contributed by atoms with Crippen LogP contribution in [0.2, 0.25) is 0 Å². The molecule has 1 atom stereocenters. The summed E-state index contributed by atoms with van der Waals surface area (Å²) in [5, 5.41) is 0. The molecule has 2 rings (SSSR count). The normalized spacial score (nSPS) is 13.2. The lowest BCUT2D eigenvalue weighted by Gasteiger charge is -2.15. The number of rotatable bonds is 3. The van der Waals surface area contributed by atoms with Gasteiger partial charge in [0.1, 0.15) is 5.82 Å². The molecule has 2 aromatic rings. The van der Waals surface area contributed by atoms with Gasteiger partial charge in [-0.3, -0.25) is 0 Å². The van der Waals surface area contributed by atoms with Crippen LogP contribution in [0.1, 0.15) is 38.6 Å². The number of hydrogen-bond donors (Lipinski definition) is 1. The molecule has 0 aliphatic rings. The second-order valence-corrected chi connectivity index (χ2v) is 4.41. The van der Waals surface area contributed by atoms with Crippen molar-refractivity contribution in [2.24, 2.45) is 0 Å². The molecule has 1 aromatic carbocycles. The molecule has 0 radical (unpaired) electrons. The van der Waals surface area contributed by atoms with Crippen LogP contribution in [0.3, 0.4) is 0 Å². The minimum absolute atomic E-state index is 0.499. The predicted molar refractivity (Wildman–Crippen MR) is 68.5 cm³/mol. The van der Waals surface area contributed by atoms with Crippen LogP contribution < -0.4 is 5.73 Å². The van der Waals surface area contributed by atoms with E-state index in [4.69, 9.17) is 5.73 Å². The Balaban J connectivity index is 2.55. The van der Waals surface area contributed by atoms with E-state index in [9.17, 15) is 0 Å². The first kappa shape index (κ1) is 11.0. The number of hydrogen-bond acceptors (Lipinski definition) is 2. The molecule has 1 aromatic heterocycles. The largest absolute Gasteiger partial charge is 0.399 e. The third-order valence-electron chi connectivity index (χ3n) is 3.04. The summed E-state index contributed by atoms with van der Waals surface area (Å²) in [6.45, 7) is 6.51. The topological polar surface area (TPSA) is 43.8 Å². The monoisotopic (exact) mass is 217 g/mol. The van der Waals surface area contributed by atoms with Crippen LogP contribution in [0.4, 0.5) is 5.69 Å². The second-order valence-electron chi connectivity index (χ2n) is 4.41. The quantitative estimate of drug-likeness (QED) is 0.802. The van der Waals surface area contributed by atoms with Crippen LogP contribution in [-0.2, 0) is 0 Å². The first-order valence-corrected chi connectivity index (χ1v) is 5.87. The predicted octanol–water partition coefficient (Wildman–Crippen LogP) is 3.29. The molecule has 0 bridgehead atoms. The minimum atomic E-state index is 0.499. The standard InChI is InChI=1S/C13H19N3/c1-4-5-9(2)16-10(3)15-12-8-11(14)6-7-13(12)16/h6-9H,4-5,14H2,1-3H3. The molecular formula is C13H19N3. The first-order chi connectivity index (χ1) is 7.63. The van der Waals surface area contributed by atoms with Gasteiger partial charge in [-0.15, -0.1) is 0 Å². The van der Waals surface area contributed by atoms with Crippen molar-refractivity contribution >= 4 is 16.7 Å². The van der Waals surface area contributed by atoms with Gasteiger partial charge in [0.15, 0.2) is 0 Å². The number of nitrogens with zero attached hydrogens (tertiary/aromatic N) is 2. The van der Waals surface area contributed by atoms with Crippen LogP contribution >= 0.6 is 0 Å². The third-order valence-corrected chi connectivity index (χ3v) is 3.04. The van der Waals surface area contributed by atoms with Crippen molar-refractivity contribution in [1.82, 2.24) is 9.55 Å². The van der Waals surface area contributed by atoms with Gasteiger partial charge >= 0.3 is 0 Å². The van der Waals surface area contributed by atoms with Crippen molar-refractivity contribution in [1.29, 1.82) is 0 Å². The first-order valence-electron chi connectivity index (χ1n) is 5.87. The SMILES string of the molecule is CCCC(C)n1c(C)nc2cc(N)ccc21. The number of nitrogens with two attached hydrogens (primary N) is 1. The average molecular weight is 217 g/mol. The zero-order valence-corrected chi connectivity index (χ0v) is 10.2. The lowest BCUT2D eigenvalue weighted by molar-refractivity contribution is 0.502. The Morgan fingerprint density at radius 2 is 2.19 bits per heavy atom. The summed E-state index contributed by atoms with van der Waals surface area (Å²) >= 11 is 0. The van der Waals surface area contributed by atoms with Gasteiger partial charge in [0.05, 0.1) is 11.0 Å². The maximum absolute atomic E-state index is 5.77. The van der Waals surface area contributed by atoms with Gasteiger partial charge < -0.3 is 10.3 Å². The summed E-state index contributed by atoms with van der Waals surface area (Å²) in [5.41, 5.74) is 8.73. The zero-order valence-electron chi connectivity index (χ0n) is 10.2. The average Bonchev–Trinajstić information content (AvgIpc) is 2.53. The highest BCUT2D eigenvalue weighted by Gasteiger charge is 2.12. The molecule has 86 valence electrons. The maximum Gasteiger partial charge on any atom is 0.106 e. The van der Waals surface area contributed by atoms with E-state index in [-0.39, 0.29) is 0 Å². The van der Waals surface area contributed by atoms with Gasteiger partial charge in [0, 0.05) is 11.7 Å². The van der Waals surface area contributed by atoms with Gasteiger partial charge in [-0.25, -0.2) is 4.98 Å². The lowest BCUT2D eigenvalue weighted by atomic mass is 10.2. The van der Waals surface area contributed by atoms with Crippen molar-refractivity contribution < 1.29 is 0 Å². The smallest absolute Gasteiger partial charge is 0.106 e. The van der Waals surface area contributed by atoms with Gasteiger partial charge in [-0.2, -0.15) is 0 Å². The Kier molecular flexibility index (Phi) is 2.86. The number of fused-ring (bicyclic) bond motifs is 1. The number of aromatic nitrogens is 2. The van der Waals surface area contributed by atoms with Crippen LogP contribution in [0, 0.1) is 6.92 Å². The fourth-order valence-corrected chi connectivity index (χ4v) is 2.34. The summed E-state index contributed by atoms with van der Waals surface area (Å²) < 4.78 is 2.30. The van der Waals surface area contributed by atoms with Crippen molar-refractivity contribution in [3.63, 3.8) is 0 Å². The fraction of sp³-hybridized carbons (Fsp3) is 0.462. The molecule has 0 fully saturated rings. The Morgan fingerprint density at radius 1 is 1.44 bits per heavy atom. The summed E-state index contributed by atoms with van der Waals surface area (Å²) in [5.74, 6) is 1.07. The molecular weight excluding hydrogens is 198 g/mol. The van der Waals surface area contributed by atoms with E-state index in [1.54, 1.807) is 0 Å². The van der Waals surface area contributed by atoms with Gasteiger partial charge in [0.2, 0.25) is 0 Å². The number of imidazole rings is 1. The Hall–Kier alpha value is -1.51. The summed E-state index contributed by atoms with van der Waals surface area (Å²) in [6.07, 6.45) is 2.37. The highest BCUT2D eigenvalue weighted by Crippen LogP contribution is 2.24. The van der Waals surface area contributed by atoms with E-state index in [0.29, 0.717) is 6.04 Å². The zero-order chi connectivity index (χ0) is 11.7. The molecule has 0 aliphatic heterocycles. The maximum atomic E-state index is 5.77. The summed E-state index contributed by atoms with van der Waals surface area (Å²) in [6, 6.07) is 6.45. The third kappa shape index (κ3) is 1.77. The highest BCUT2D eigenvalue weighted by atomic mass is 15.1. The number of nitrogen functional groups attached to an aromatic ring is 1. The van der Waals surface area contributed by atoms with Crippen LogP contribution in [-0.4, -0.2) is 9.55 Å². The minimum Gasteiger partial charge on any atom is -0.399 e. The van der Waals surface area contributed by atoms with Crippen molar-refractivity contribution in [2.75, 3.05) is 5.73 Å². The molecule has 16 heavy (non-hydrogen) atoms. The van der Waals surface area contributed by atoms with Crippen LogP contribution in [0.15, 0.2) is 18.2 Å². The fourth-order valence-electron chi connectivity index (χ4n) is 2.34. The second kappa shape index (κ2) is 4.16. The van der Waals surface area contributed by atoms with Gasteiger partial charge in [-0.05, 0) is 38.5 Å². The van der Waals surface area contributed by atoms with Gasteiger partial charge in [0.25, 0.3) is 0 Å². The Labute approximate surface area is 96.3 Å². The molecule has 1 heterocycles. The Bertz CT molecular complexity index is 499. The van der Waals surface area contributed by atoms with E-state index < -0.39 is 0 Å². The number of anilines is 1.